The number of ether oxygens (including phenoxy) is 1. The van der Waals surface area contributed by atoms with E-state index in [-0.39, 0.29) is 5.78 Å². The number of hydrogen-bond acceptors (Lipinski definition) is 16. The van der Waals surface area contributed by atoms with Crippen LogP contribution in [0.1, 0.15) is 309 Å². The lowest BCUT2D eigenvalue weighted by molar-refractivity contribution is -0.120. The Morgan fingerprint density at radius 2 is 0.437 bits per heavy atom. The largest absolute Gasteiger partial charge is 0.379 e. The highest BCUT2D eigenvalue weighted by atomic mass is 16.5. The van der Waals surface area contributed by atoms with Gasteiger partial charge in [0, 0.05) is 149 Å². The molecule has 0 spiro atoms. The Hall–Kier alpha value is -2.67. The van der Waals surface area contributed by atoms with Crippen LogP contribution in [-0.4, -0.2) is 251 Å². The predicted molar refractivity (Wildman–Crippen MR) is 437 cm³/mol. The van der Waals surface area contributed by atoms with Crippen molar-refractivity contribution in [1.82, 2.24) is 39.2 Å². The summed E-state index contributed by atoms with van der Waals surface area (Å²) in [7, 11) is 4.35. The first kappa shape index (κ1) is 100. The van der Waals surface area contributed by atoms with Gasteiger partial charge in [-0.05, 0) is 244 Å². The van der Waals surface area contributed by atoms with Crippen molar-refractivity contribution < 1.29 is 38.3 Å². The molecule has 6 fully saturated rings. The molecular formula is C87H170N8O8. The number of Topliss-reactive ketones (excluding diaryl/α,β-unsaturated/α-hetero) is 7. The van der Waals surface area contributed by atoms with Crippen molar-refractivity contribution in [2.45, 2.75) is 309 Å². The Balaban J connectivity index is 0.00000119. The maximum absolute atomic E-state index is 11.5. The minimum absolute atomic E-state index is 0.287. The van der Waals surface area contributed by atoms with Gasteiger partial charge in [0.2, 0.25) is 0 Å². The quantitative estimate of drug-likeness (QED) is 0.0532. The minimum atomic E-state index is 0.287. The summed E-state index contributed by atoms with van der Waals surface area (Å²) in [5.41, 5.74) is 0. The molecule has 0 atom stereocenters. The Morgan fingerprint density at radius 1 is 0.243 bits per heavy atom. The van der Waals surface area contributed by atoms with Crippen molar-refractivity contribution in [3.05, 3.63) is 0 Å². The number of likely N-dealkylation sites (N-methyl/N-ethyl adjacent to an activating group) is 2. The second-order valence-corrected chi connectivity index (χ2v) is 34.6. The molecule has 0 aromatic heterocycles. The summed E-state index contributed by atoms with van der Waals surface area (Å²) in [6, 6.07) is 0. The van der Waals surface area contributed by atoms with Crippen molar-refractivity contribution in [3.8, 4) is 0 Å². The fourth-order valence-corrected chi connectivity index (χ4v) is 14.1. The monoisotopic (exact) mass is 1460 g/mol. The third kappa shape index (κ3) is 68.4. The molecule has 0 aromatic carbocycles. The topological polar surface area (TPSA) is 155 Å². The molecule has 103 heavy (non-hydrogen) atoms. The SMILES string of the molecule is CC(=O)CC(C)C.CC(C)CC(=O)CCCCN1CCCCC1.CC(C)CC(=O)CCCCN1CCCCC1.CC(C)CC(=O)CCCCN1CCN(C)CC1.CC(C)CC(=O)CCCCN1CCOCC1.CC(C)CC(=O)CCCN1CCCCC1.CC(C)CC(=O)CCCN1CCN(C)CC1. The minimum Gasteiger partial charge on any atom is -0.379 e. The zero-order chi connectivity index (χ0) is 77.0. The van der Waals surface area contributed by atoms with E-state index in [1.54, 1.807) is 6.92 Å². The smallest absolute Gasteiger partial charge is 0.133 e. The van der Waals surface area contributed by atoms with Crippen LogP contribution in [0.3, 0.4) is 0 Å². The van der Waals surface area contributed by atoms with Gasteiger partial charge in [-0.25, -0.2) is 0 Å². The number of nitrogens with zero attached hydrogens (tertiary/aromatic N) is 8. The average molecular weight is 1460 g/mol. The molecule has 0 aliphatic carbocycles. The molecule has 6 heterocycles. The van der Waals surface area contributed by atoms with Crippen molar-refractivity contribution in [1.29, 1.82) is 0 Å². The first-order chi connectivity index (χ1) is 49.0. The first-order valence-electron chi connectivity index (χ1n) is 42.9. The van der Waals surface area contributed by atoms with Crippen LogP contribution in [-0.2, 0) is 38.3 Å². The van der Waals surface area contributed by atoms with Crippen molar-refractivity contribution in [2.24, 2.45) is 41.4 Å². The van der Waals surface area contributed by atoms with Crippen LogP contribution >= 0.6 is 0 Å². The number of likely N-dealkylation sites (tertiary alicyclic amines) is 3. The lowest BCUT2D eigenvalue weighted by Crippen LogP contribution is -2.44. The normalized spacial score (nSPS) is 17.8. The molecule has 0 amide bonds. The van der Waals surface area contributed by atoms with E-state index in [9.17, 15) is 33.6 Å². The van der Waals surface area contributed by atoms with Crippen LogP contribution in [0.25, 0.3) is 0 Å². The average Bonchev–Trinajstić information content (AvgIpc) is 0.977. The highest BCUT2D eigenvalue weighted by Crippen LogP contribution is 2.17. The van der Waals surface area contributed by atoms with Gasteiger partial charge in [-0.15, -0.1) is 0 Å². The Kier molecular flexibility index (Phi) is 64.6. The van der Waals surface area contributed by atoms with Crippen LogP contribution < -0.4 is 0 Å². The van der Waals surface area contributed by atoms with Gasteiger partial charge >= 0.3 is 0 Å². The molecule has 16 heteroatoms. The van der Waals surface area contributed by atoms with Gasteiger partial charge in [0.1, 0.15) is 40.5 Å². The summed E-state index contributed by atoms with van der Waals surface area (Å²) in [6.07, 6.45) is 33.4. The van der Waals surface area contributed by atoms with Gasteiger partial charge in [-0.2, -0.15) is 0 Å². The molecule has 0 saturated carbocycles. The maximum Gasteiger partial charge on any atom is 0.133 e. The van der Waals surface area contributed by atoms with E-state index in [0.717, 1.165) is 187 Å². The van der Waals surface area contributed by atoms with Gasteiger partial charge < -0.3 is 43.8 Å². The number of carbonyl (C=O) groups is 7. The van der Waals surface area contributed by atoms with E-state index in [1.807, 2.05) is 13.8 Å². The zero-order valence-electron chi connectivity index (χ0n) is 71.0. The fourth-order valence-electron chi connectivity index (χ4n) is 14.1. The number of ketones is 7. The Bertz CT molecular complexity index is 1960. The second kappa shape index (κ2) is 66.3. The molecule has 6 aliphatic heterocycles. The number of carbonyl (C=O) groups excluding carboxylic acids is 7. The summed E-state index contributed by atoms with van der Waals surface area (Å²) >= 11 is 0. The molecule has 0 unspecified atom stereocenters. The maximum atomic E-state index is 11.5. The van der Waals surface area contributed by atoms with Crippen LogP contribution in [0.2, 0.25) is 0 Å². The third-order valence-corrected chi connectivity index (χ3v) is 19.7. The van der Waals surface area contributed by atoms with Crippen LogP contribution in [0.5, 0.6) is 0 Å². The highest BCUT2D eigenvalue weighted by Gasteiger charge is 2.18. The molecule has 6 aliphatic rings. The van der Waals surface area contributed by atoms with Crippen molar-refractivity contribution in [2.75, 3.05) is 171 Å². The highest BCUT2D eigenvalue weighted by molar-refractivity contribution is 5.80. The lowest BCUT2D eigenvalue weighted by atomic mass is 10.0. The summed E-state index contributed by atoms with van der Waals surface area (Å²) in [5.74, 6) is 6.57. The molecule has 0 aromatic rings. The molecular weight excluding hydrogens is 1290 g/mol. The van der Waals surface area contributed by atoms with Crippen molar-refractivity contribution in [3.63, 3.8) is 0 Å². The predicted octanol–water partition coefficient (Wildman–Crippen LogP) is 16.8. The van der Waals surface area contributed by atoms with Crippen molar-refractivity contribution >= 4 is 40.5 Å². The van der Waals surface area contributed by atoms with Crippen LogP contribution in [0, 0.1) is 41.4 Å². The number of piperidine rings is 3. The van der Waals surface area contributed by atoms with E-state index in [4.69, 9.17) is 4.74 Å². The summed E-state index contributed by atoms with van der Waals surface area (Å²) in [6.45, 7) is 58.8. The van der Waals surface area contributed by atoms with Crippen LogP contribution in [0.15, 0.2) is 0 Å². The molecule has 0 N–H and O–H groups in total. The number of morpholine rings is 1. The third-order valence-electron chi connectivity index (χ3n) is 19.7. The van der Waals surface area contributed by atoms with Gasteiger partial charge in [0.25, 0.3) is 0 Å². The lowest BCUT2D eigenvalue weighted by Gasteiger charge is -2.32. The number of piperazine rings is 2. The van der Waals surface area contributed by atoms with E-state index in [1.165, 1.54) is 175 Å². The van der Waals surface area contributed by atoms with Gasteiger partial charge in [-0.1, -0.05) is 116 Å². The first-order valence-corrected chi connectivity index (χ1v) is 42.9. The zero-order valence-corrected chi connectivity index (χ0v) is 71.0. The molecule has 0 radical (unpaired) electrons. The number of unbranched alkanes of at least 4 members (excludes halogenated alkanes) is 4. The van der Waals surface area contributed by atoms with Gasteiger partial charge in [0.05, 0.1) is 13.2 Å². The van der Waals surface area contributed by atoms with E-state index < -0.39 is 0 Å². The molecule has 0 bridgehead atoms. The van der Waals surface area contributed by atoms with Gasteiger partial charge in [0.15, 0.2) is 0 Å². The molecule has 16 nitrogen and oxygen atoms in total. The van der Waals surface area contributed by atoms with E-state index in [0.29, 0.717) is 76.1 Å². The van der Waals surface area contributed by atoms with E-state index in [2.05, 4.69) is 136 Å². The summed E-state index contributed by atoms with van der Waals surface area (Å²) < 4.78 is 5.29. The molecule has 606 valence electrons. The standard InChI is InChI=1S/C14H28N2O.2C14H27NO.C13H26N2O.C13H25NO2.C13H25NO.C6H12O/c1-13(2)12-14(17)6-4-5-7-16-10-8-15(3)9-11-16;2*1-13(2)12-14(16)8-4-7-11-15-9-5-3-6-10-15;1-12(2)11-13(16)5-4-6-15-9-7-14(3)8-10-15;1-12(2)11-13(15)5-3-4-6-14-7-9-16-10-8-14;1-12(2)11-13(15)7-6-10-14-8-4-3-5-9-14;1-5(2)4-6(3)7/h13H,4-12H2,1-3H3;2*13H,3-12H2,1-2H3;12H,4-11H2,1-3H3;12H,3-11H2,1-2H3;12H,3-11H2,1-2H3;5H,4H2,1-3H3. The summed E-state index contributed by atoms with van der Waals surface area (Å²) in [4.78, 5) is 99.0. The van der Waals surface area contributed by atoms with Gasteiger partial charge in [-0.3, -0.25) is 33.7 Å². The molecule has 6 saturated heterocycles. The number of rotatable bonds is 42. The Labute approximate surface area is 636 Å². The number of hydrogen-bond donors (Lipinski definition) is 0. The Morgan fingerprint density at radius 3 is 0.641 bits per heavy atom. The van der Waals surface area contributed by atoms with E-state index >= 15 is 0 Å². The molecule has 6 rings (SSSR count). The second-order valence-electron chi connectivity index (χ2n) is 34.6. The van der Waals surface area contributed by atoms with Crippen LogP contribution in [0.4, 0.5) is 0 Å². The summed E-state index contributed by atoms with van der Waals surface area (Å²) in [5, 5.41) is 0. The fraction of sp³-hybridized carbons (Fsp3) is 0.920.